The zero-order valence-electron chi connectivity index (χ0n) is 20.8. The molecule has 37 heavy (non-hydrogen) atoms. The van der Waals surface area contributed by atoms with E-state index in [1.54, 1.807) is 30.7 Å². The van der Waals surface area contributed by atoms with E-state index in [1.165, 1.54) is 12.8 Å². The van der Waals surface area contributed by atoms with Crippen molar-refractivity contribution in [3.05, 3.63) is 60.7 Å². The van der Waals surface area contributed by atoms with Gasteiger partial charge in [0.2, 0.25) is 0 Å². The monoisotopic (exact) mass is 495 g/mol. The number of pyridine rings is 3. The van der Waals surface area contributed by atoms with Crippen LogP contribution < -0.4 is 15.1 Å². The molecule has 2 aliphatic heterocycles. The third-order valence-corrected chi connectivity index (χ3v) is 6.96. The van der Waals surface area contributed by atoms with Crippen LogP contribution in [0.1, 0.15) is 23.2 Å². The van der Waals surface area contributed by atoms with Crippen molar-refractivity contribution >= 4 is 34.3 Å². The van der Waals surface area contributed by atoms with Gasteiger partial charge in [0, 0.05) is 68.7 Å². The average Bonchev–Trinajstić information content (AvgIpc) is 3.49. The van der Waals surface area contributed by atoms with Crippen LogP contribution in [0.15, 0.2) is 55.1 Å². The van der Waals surface area contributed by atoms with Crippen LogP contribution in [0.4, 0.5) is 17.5 Å². The predicted molar refractivity (Wildman–Crippen MR) is 144 cm³/mol. The molecule has 1 amide bonds. The second-order valence-electron chi connectivity index (χ2n) is 9.56. The minimum atomic E-state index is -0.232. The highest BCUT2D eigenvalue weighted by atomic mass is 16.1. The van der Waals surface area contributed by atoms with Gasteiger partial charge in [-0.15, -0.1) is 0 Å². The van der Waals surface area contributed by atoms with E-state index in [4.69, 9.17) is 9.97 Å². The number of nitrogens with one attached hydrogen (secondary N) is 1. The third-order valence-electron chi connectivity index (χ3n) is 6.96. The first kappa shape index (κ1) is 23.2. The fourth-order valence-corrected chi connectivity index (χ4v) is 4.76. The Kier molecular flexibility index (Phi) is 6.32. The van der Waals surface area contributed by atoms with Crippen molar-refractivity contribution in [3.63, 3.8) is 0 Å². The molecular formula is C27H29N9O. The fraction of sp³-hybridized carbons (Fsp3) is 0.333. The highest BCUT2D eigenvalue weighted by Gasteiger charge is 2.18. The molecule has 0 radical (unpaired) electrons. The molecule has 0 atom stereocenters. The van der Waals surface area contributed by atoms with Gasteiger partial charge in [-0.3, -0.25) is 9.78 Å². The molecule has 2 saturated heterocycles. The van der Waals surface area contributed by atoms with Crippen LogP contribution in [0, 0.1) is 0 Å². The average molecular weight is 496 g/mol. The van der Waals surface area contributed by atoms with Gasteiger partial charge in [-0.2, -0.15) is 0 Å². The summed E-state index contributed by atoms with van der Waals surface area (Å²) in [6.07, 6.45) is 9.30. The number of aromatic nitrogens is 5. The van der Waals surface area contributed by atoms with E-state index >= 15 is 0 Å². The van der Waals surface area contributed by atoms with Gasteiger partial charge in [-0.05, 0) is 44.2 Å². The molecule has 0 spiro atoms. The Hall–Kier alpha value is -4.18. The predicted octanol–water partition coefficient (Wildman–Crippen LogP) is 3.09. The van der Waals surface area contributed by atoms with Gasteiger partial charge in [0.25, 0.3) is 5.91 Å². The Morgan fingerprint density at radius 1 is 0.811 bits per heavy atom. The van der Waals surface area contributed by atoms with E-state index < -0.39 is 0 Å². The molecule has 4 aromatic heterocycles. The molecule has 10 nitrogen and oxygen atoms in total. The van der Waals surface area contributed by atoms with Crippen molar-refractivity contribution in [2.24, 2.45) is 0 Å². The molecule has 1 N–H and O–H groups in total. The molecule has 2 fully saturated rings. The SMILES string of the molecule is CN1CCN(c2cc(C(=O)Nc3cc4nc(-c5cncc(N6CCCC6)n5)ccc4cn3)ccn2)CC1. The number of hydrogen-bond donors (Lipinski definition) is 1. The van der Waals surface area contributed by atoms with Crippen LogP contribution in [-0.2, 0) is 0 Å². The van der Waals surface area contributed by atoms with Crippen LogP contribution in [0.3, 0.4) is 0 Å². The Morgan fingerprint density at radius 2 is 1.62 bits per heavy atom. The zero-order chi connectivity index (χ0) is 25.2. The standard InChI is InChI=1S/C27H29N9O/c1-34-10-12-36(13-11-34)25-14-19(6-7-29-25)27(37)33-24-15-22-20(16-30-24)4-5-21(31-22)23-17-28-18-26(32-23)35-8-2-3-9-35/h4-7,14-18H,2-3,8-13H2,1H3,(H,30,33,37). The third kappa shape index (κ3) is 5.05. The lowest BCUT2D eigenvalue weighted by Crippen LogP contribution is -2.44. The van der Waals surface area contributed by atoms with Crippen molar-refractivity contribution in [1.82, 2.24) is 29.8 Å². The van der Waals surface area contributed by atoms with Crippen LogP contribution in [-0.4, -0.2) is 82.0 Å². The van der Waals surface area contributed by atoms with Crippen molar-refractivity contribution in [3.8, 4) is 11.4 Å². The van der Waals surface area contributed by atoms with E-state index in [1.807, 2.05) is 24.4 Å². The number of fused-ring (bicyclic) bond motifs is 1. The number of carbonyl (C=O) groups is 1. The Labute approximate surface area is 215 Å². The topological polar surface area (TPSA) is 103 Å². The quantitative estimate of drug-likeness (QED) is 0.447. The van der Waals surface area contributed by atoms with Crippen LogP contribution in [0.2, 0.25) is 0 Å². The van der Waals surface area contributed by atoms with Crippen molar-refractivity contribution < 1.29 is 4.79 Å². The minimum Gasteiger partial charge on any atom is -0.355 e. The molecule has 0 saturated carbocycles. The molecule has 2 aliphatic rings. The largest absolute Gasteiger partial charge is 0.355 e. The highest BCUT2D eigenvalue weighted by Crippen LogP contribution is 2.24. The van der Waals surface area contributed by atoms with Gasteiger partial charge < -0.3 is 20.0 Å². The molecule has 10 heteroatoms. The lowest BCUT2D eigenvalue weighted by molar-refractivity contribution is 0.102. The summed E-state index contributed by atoms with van der Waals surface area (Å²) in [6, 6.07) is 9.24. The van der Waals surface area contributed by atoms with Gasteiger partial charge in [-0.1, -0.05) is 0 Å². The van der Waals surface area contributed by atoms with Crippen molar-refractivity contribution in [2.45, 2.75) is 12.8 Å². The van der Waals surface area contributed by atoms with Gasteiger partial charge in [0.05, 0.1) is 23.6 Å². The Balaban J connectivity index is 1.21. The summed E-state index contributed by atoms with van der Waals surface area (Å²) in [6.45, 7) is 5.74. The number of nitrogens with zero attached hydrogens (tertiary/aromatic N) is 8. The first-order chi connectivity index (χ1) is 18.1. The summed E-state index contributed by atoms with van der Waals surface area (Å²) >= 11 is 0. The minimum absolute atomic E-state index is 0.232. The van der Waals surface area contributed by atoms with Crippen LogP contribution in [0.25, 0.3) is 22.3 Å². The Bertz CT molecular complexity index is 1430. The first-order valence-corrected chi connectivity index (χ1v) is 12.7. The normalized spacial score (nSPS) is 16.4. The molecule has 0 aromatic carbocycles. The van der Waals surface area contributed by atoms with Gasteiger partial charge in [-0.25, -0.2) is 19.9 Å². The summed E-state index contributed by atoms with van der Waals surface area (Å²) in [7, 11) is 2.11. The molecule has 6 rings (SSSR count). The van der Waals surface area contributed by atoms with Crippen molar-refractivity contribution in [2.75, 3.05) is 61.4 Å². The van der Waals surface area contributed by atoms with Gasteiger partial charge in [0.15, 0.2) is 0 Å². The summed E-state index contributed by atoms with van der Waals surface area (Å²) in [5, 5.41) is 3.79. The Morgan fingerprint density at radius 3 is 2.46 bits per heavy atom. The van der Waals surface area contributed by atoms with Crippen LogP contribution >= 0.6 is 0 Å². The first-order valence-electron chi connectivity index (χ1n) is 12.7. The lowest BCUT2D eigenvalue weighted by Gasteiger charge is -2.33. The summed E-state index contributed by atoms with van der Waals surface area (Å²) in [5.41, 5.74) is 2.72. The number of hydrogen-bond acceptors (Lipinski definition) is 9. The maximum atomic E-state index is 13.0. The molecule has 6 heterocycles. The number of amides is 1. The highest BCUT2D eigenvalue weighted by molar-refractivity contribution is 6.04. The molecule has 0 bridgehead atoms. The molecule has 0 aliphatic carbocycles. The number of likely N-dealkylation sites (N-methyl/N-ethyl adjacent to an activating group) is 1. The summed E-state index contributed by atoms with van der Waals surface area (Å²) < 4.78 is 0. The van der Waals surface area contributed by atoms with Gasteiger partial charge in [0.1, 0.15) is 23.1 Å². The maximum absolute atomic E-state index is 13.0. The fourth-order valence-electron chi connectivity index (χ4n) is 4.76. The van der Waals surface area contributed by atoms with E-state index in [0.717, 1.165) is 73.2 Å². The summed E-state index contributed by atoms with van der Waals surface area (Å²) in [4.78, 5) is 42.7. The van der Waals surface area contributed by atoms with Crippen LogP contribution in [0.5, 0.6) is 0 Å². The van der Waals surface area contributed by atoms with E-state index in [-0.39, 0.29) is 5.91 Å². The lowest BCUT2D eigenvalue weighted by atomic mass is 10.2. The second kappa shape index (κ2) is 10.1. The second-order valence-corrected chi connectivity index (χ2v) is 9.56. The van der Waals surface area contributed by atoms with E-state index in [9.17, 15) is 4.79 Å². The smallest absolute Gasteiger partial charge is 0.257 e. The van der Waals surface area contributed by atoms with Crippen molar-refractivity contribution in [1.29, 1.82) is 0 Å². The molecule has 0 unspecified atom stereocenters. The number of carbonyl (C=O) groups excluding carboxylic acids is 1. The van der Waals surface area contributed by atoms with E-state index in [2.05, 4.69) is 42.0 Å². The van der Waals surface area contributed by atoms with Gasteiger partial charge >= 0.3 is 0 Å². The zero-order valence-corrected chi connectivity index (χ0v) is 20.8. The summed E-state index contributed by atoms with van der Waals surface area (Å²) in [5.74, 6) is 1.91. The maximum Gasteiger partial charge on any atom is 0.257 e. The number of anilines is 3. The molecular weight excluding hydrogens is 466 g/mol. The molecule has 4 aromatic rings. The number of piperazine rings is 1. The molecule has 188 valence electrons. The van der Waals surface area contributed by atoms with E-state index in [0.29, 0.717) is 11.4 Å². The number of rotatable bonds is 5.